The molecule has 3 nitrogen and oxygen atoms in total. The van der Waals surface area contributed by atoms with Gasteiger partial charge in [0.1, 0.15) is 5.76 Å². The van der Waals surface area contributed by atoms with Gasteiger partial charge in [-0.3, -0.25) is 5.32 Å². The van der Waals surface area contributed by atoms with Crippen LogP contribution in [0.5, 0.6) is 0 Å². The van der Waals surface area contributed by atoms with E-state index in [0.29, 0.717) is 0 Å². The van der Waals surface area contributed by atoms with Crippen LogP contribution in [-0.2, 0) is 0 Å². The van der Waals surface area contributed by atoms with Gasteiger partial charge in [-0.15, -0.1) is 0 Å². The number of hydrogen-bond donors (Lipinski definition) is 1. The van der Waals surface area contributed by atoms with E-state index in [9.17, 15) is 0 Å². The third-order valence-electron chi connectivity index (χ3n) is 3.25. The van der Waals surface area contributed by atoms with E-state index in [0.717, 1.165) is 11.7 Å². The Morgan fingerprint density at radius 2 is 1.63 bits per heavy atom. The average molecular weight is 258 g/mol. The van der Waals surface area contributed by atoms with Crippen molar-refractivity contribution in [3.63, 3.8) is 0 Å². The third-order valence-corrected chi connectivity index (χ3v) is 3.25. The summed E-state index contributed by atoms with van der Waals surface area (Å²) in [5.41, 5.74) is 3.89. The first kappa shape index (κ1) is 13.8. The van der Waals surface area contributed by atoms with Crippen molar-refractivity contribution < 1.29 is 4.42 Å². The molecule has 0 spiro atoms. The number of benzene rings is 1. The summed E-state index contributed by atoms with van der Waals surface area (Å²) in [4.78, 5) is 4.27. The number of oxazole rings is 1. The van der Waals surface area contributed by atoms with Crippen molar-refractivity contribution in [1.82, 2.24) is 10.3 Å². The van der Waals surface area contributed by atoms with Crippen LogP contribution in [0, 0.1) is 20.8 Å². The van der Waals surface area contributed by atoms with Gasteiger partial charge in [-0.1, -0.05) is 29.3 Å². The van der Waals surface area contributed by atoms with Crippen LogP contribution in [0.25, 0.3) is 0 Å². The van der Waals surface area contributed by atoms with Crippen molar-refractivity contribution in [2.24, 2.45) is 0 Å². The monoisotopic (exact) mass is 258 g/mol. The van der Waals surface area contributed by atoms with E-state index < -0.39 is 0 Å². The highest BCUT2D eigenvalue weighted by molar-refractivity contribution is 5.30. The molecule has 0 radical (unpaired) electrons. The average Bonchev–Trinajstić information content (AvgIpc) is 2.74. The van der Waals surface area contributed by atoms with Crippen molar-refractivity contribution in [2.75, 3.05) is 0 Å². The summed E-state index contributed by atoms with van der Waals surface area (Å²) in [5.74, 6) is 1.59. The largest absolute Gasteiger partial charge is 0.444 e. The molecule has 1 N–H and O–H groups in total. The van der Waals surface area contributed by atoms with E-state index >= 15 is 0 Å². The van der Waals surface area contributed by atoms with Crippen LogP contribution in [0.2, 0.25) is 0 Å². The topological polar surface area (TPSA) is 38.1 Å². The molecule has 2 rings (SSSR count). The second-order valence-corrected chi connectivity index (χ2v) is 5.34. The van der Waals surface area contributed by atoms with Crippen LogP contribution < -0.4 is 5.32 Å². The van der Waals surface area contributed by atoms with E-state index in [1.807, 2.05) is 6.92 Å². The van der Waals surface area contributed by atoms with E-state index in [-0.39, 0.29) is 12.1 Å². The molecule has 0 saturated heterocycles. The summed E-state index contributed by atoms with van der Waals surface area (Å²) in [6.45, 7) is 10.4. The van der Waals surface area contributed by atoms with Gasteiger partial charge >= 0.3 is 0 Å². The molecule has 3 heteroatoms. The maximum absolute atomic E-state index is 5.56. The highest BCUT2D eigenvalue weighted by Crippen LogP contribution is 2.21. The minimum absolute atomic E-state index is 0.101. The number of nitrogens with zero attached hydrogens (tertiary/aromatic N) is 1. The molecule has 1 aromatic heterocycles. The Hall–Kier alpha value is -1.61. The molecular formula is C16H22N2O. The summed E-state index contributed by atoms with van der Waals surface area (Å²) in [7, 11) is 0. The molecule has 2 unspecified atom stereocenters. The molecule has 0 aliphatic carbocycles. The number of aryl methyl sites for hydroxylation is 3. The molecule has 1 heterocycles. The fraction of sp³-hybridized carbons (Fsp3) is 0.438. The molecule has 0 aliphatic rings. The highest BCUT2D eigenvalue weighted by atomic mass is 16.4. The van der Waals surface area contributed by atoms with E-state index in [4.69, 9.17) is 4.42 Å². The SMILES string of the molecule is Cc1cc(C)cc(C(C)NC(C)c2ncc(C)o2)c1. The van der Waals surface area contributed by atoms with Gasteiger partial charge in [0.2, 0.25) is 5.89 Å². The minimum atomic E-state index is 0.101. The molecule has 0 amide bonds. The second-order valence-electron chi connectivity index (χ2n) is 5.34. The molecule has 102 valence electrons. The third kappa shape index (κ3) is 3.44. The summed E-state index contributed by atoms with van der Waals surface area (Å²) in [5, 5.41) is 3.52. The lowest BCUT2D eigenvalue weighted by Crippen LogP contribution is -2.22. The lowest BCUT2D eigenvalue weighted by molar-refractivity contribution is 0.380. The van der Waals surface area contributed by atoms with E-state index in [1.54, 1.807) is 6.20 Å². The quantitative estimate of drug-likeness (QED) is 0.900. The Labute approximate surface area is 115 Å². The Morgan fingerprint density at radius 1 is 1.00 bits per heavy atom. The Morgan fingerprint density at radius 3 is 2.16 bits per heavy atom. The first-order valence-corrected chi connectivity index (χ1v) is 6.72. The van der Waals surface area contributed by atoms with Gasteiger partial charge in [0.25, 0.3) is 0 Å². The standard InChI is InChI=1S/C16H22N2O/c1-10-6-11(2)8-15(7-10)13(4)18-14(5)16-17-9-12(3)19-16/h6-9,13-14,18H,1-5H3. The normalized spacial score (nSPS) is 14.4. The number of nitrogens with one attached hydrogen (secondary N) is 1. The van der Waals surface area contributed by atoms with Crippen molar-refractivity contribution in [3.05, 3.63) is 52.7 Å². The van der Waals surface area contributed by atoms with Crippen LogP contribution in [0.15, 0.2) is 28.8 Å². The minimum Gasteiger partial charge on any atom is -0.444 e. The smallest absolute Gasteiger partial charge is 0.211 e. The maximum Gasteiger partial charge on any atom is 0.211 e. The number of rotatable bonds is 4. The molecule has 0 fully saturated rings. The molecule has 0 aliphatic heterocycles. The van der Waals surface area contributed by atoms with Gasteiger partial charge in [0.15, 0.2) is 0 Å². The van der Waals surface area contributed by atoms with E-state index in [1.165, 1.54) is 16.7 Å². The first-order valence-electron chi connectivity index (χ1n) is 6.72. The van der Waals surface area contributed by atoms with Gasteiger partial charge in [-0.25, -0.2) is 4.98 Å². The second kappa shape index (κ2) is 5.57. The van der Waals surface area contributed by atoms with Crippen molar-refractivity contribution in [3.8, 4) is 0 Å². The van der Waals surface area contributed by atoms with Crippen LogP contribution in [0.3, 0.4) is 0 Å². The predicted octanol–water partition coefficient (Wildman–Crippen LogP) is 4.01. The molecule has 0 saturated carbocycles. The molecule has 19 heavy (non-hydrogen) atoms. The maximum atomic E-state index is 5.56. The van der Waals surface area contributed by atoms with Gasteiger partial charge in [0.05, 0.1) is 12.2 Å². The Kier molecular flexibility index (Phi) is 4.05. The highest BCUT2D eigenvalue weighted by Gasteiger charge is 2.15. The van der Waals surface area contributed by atoms with Gasteiger partial charge in [-0.2, -0.15) is 0 Å². The fourth-order valence-electron chi connectivity index (χ4n) is 2.37. The first-order chi connectivity index (χ1) is 8.95. The van der Waals surface area contributed by atoms with Gasteiger partial charge in [0, 0.05) is 6.04 Å². The fourth-order valence-corrected chi connectivity index (χ4v) is 2.37. The molecular weight excluding hydrogens is 236 g/mol. The molecule has 1 aromatic carbocycles. The summed E-state index contributed by atoms with van der Waals surface area (Å²) in [6, 6.07) is 7.00. The van der Waals surface area contributed by atoms with Crippen LogP contribution in [0.4, 0.5) is 0 Å². The van der Waals surface area contributed by atoms with Crippen molar-refractivity contribution in [1.29, 1.82) is 0 Å². The van der Waals surface area contributed by atoms with Crippen molar-refractivity contribution >= 4 is 0 Å². The lowest BCUT2D eigenvalue weighted by Gasteiger charge is -2.19. The number of hydrogen-bond acceptors (Lipinski definition) is 3. The molecule has 0 bridgehead atoms. The summed E-state index contributed by atoms with van der Waals surface area (Å²) >= 11 is 0. The van der Waals surface area contributed by atoms with Crippen LogP contribution >= 0.6 is 0 Å². The molecule has 2 aromatic rings. The summed E-state index contributed by atoms with van der Waals surface area (Å²) < 4.78 is 5.56. The zero-order valence-corrected chi connectivity index (χ0v) is 12.3. The lowest BCUT2D eigenvalue weighted by atomic mass is 10.0. The zero-order valence-electron chi connectivity index (χ0n) is 12.3. The van der Waals surface area contributed by atoms with Crippen LogP contribution in [0.1, 0.15) is 54.3 Å². The van der Waals surface area contributed by atoms with Gasteiger partial charge in [-0.05, 0) is 40.2 Å². The van der Waals surface area contributed by atoms with Crippen molar-refractivity contribution in [2.45, 2.75) is 46.7 Å². The van der Waals surface area contributed by atoms with Gasteiger partial charge < -0.3 is 4.42 Å². The van der Waals surface area contributed by atoms with Crippen LogP contribution in [-0.4, -0.2) is 4.98 Å². The molecule has 2 atom stereocenters. The Bertz CT molecular complexity index is 539. The number of aromatic nitrogens is 1. The zero-order chi connectivity index (χ0) is 14.0. The summed E-state index contributed by atoms with van der Waals surface area (Å²) in [6.07, 6.45) is 1.76. The predicted molar refractivity (Wildman–Crippen MR) is 77.1 cm³/mol. The Balaban J connectivity index is 2.10. The van der Waals surface area contributed by atoms with E-state index in [2.05, 4.69) is 56.2 Å².